The van der Waals surface area contributed by atoms with Crippen LogP contribution in [0.2, 0.25) is 5.15 Å². The number of nitrogen functional groups attached to an aromatic ring is 1. The van der Waals surface area contributed by atoms with Gasteiger partial charge >= 0.3 is 0 Å². The molecule has 22 heavy (non-hydrogen) atoms. The van der Waals surface area contributed by atoms with E-state index in [1.807, 2.05) is 0 Å². The van der Waals surface area contributed by atoms with Crippen LogP contribution in [0.15, 0.2) is 18.2 Å². The van der Waals surface area contributed by atoms with Gasteiger partial charge in [0.2, 0.25) is 5.95 Å². The van der Waals surface area contributed by atoms with Gasteiger partial charge in [-0.05, 0) is 24.1 Å². The highest BCUT2D eigenvalue weighted by atomic mass is 35.5. The van der Waals surface area contributed by atoms with Gasteiger partial charge in [-0.25, -0.2) is 17.8 Å². The van der Waals surface area contributed by atoms with Crippen molar-refractivity contribution in [1.82, 2.24) is 9.97 Å². The lowest BCUT2D eigenvalue weighted by Gasteiger charge is -2.19. The third-order valence-electron chi connectivity index (χ3n) is 3.41. The molecule has 0 spiro atoms. The molecule has 0 saturated carbocycles. The van der Waals surface area contributed by atoms with Gasteiger partial charge in [0.05, 0.1) is 11.4 Å². The second-order valence-electron chi connectivity index (χ2n) is 4.85. The van der Waals surface area contributed by atoms with Crippen LogP contribution in [0, 0.1) is 5.82 Å². The molecule has 0 amide bonds. The Hall–Kier alpha value is -1.93. The molecule has 0 saturated heterocycles. The molecule has 2 heterocycles. The number of aromatic nitrogens is 2. The van der Waals surface area contributed by atoms with Crippen molar-refractivity contribution >= 4 is 39.8 Å². The number of anilines is 3. The fraction of sp³-hybridized carbons (Fsp3) is 0.231. The normalized spacial score (nSPS) is 13.7. The van der Waals surface area contributed by atoms with Crippen LogP contribution in [0.1, 0.15) is 11.1 Å². The van der Waals surface area contributed by atoms with E-state index in [1.165, 1.54) is 12.1 Å². The first-order valence-corrected chi connectivity index (χ1v) is 8.19. The molecule has 0 bridgehead atoms. The molecular formula is C13H12ClFN4O2S. The SMILES string of the molecule is Nc1nc(Cl)c2c(n1)N(c1ccc(C[SH](=O)=O)cc1F)CC2. The van der Waals surface area contributed by atoms with Gasteiger partial charge in [0.25, 0.3) is 0 Å². The smallest absolute Gasteiger partial charge is 0.223 e. The largest absolute Gasteiger partial charge is 0.368 e. The second kappa shape index (κ2) is 5.69. The fourth-order valence-corrected chi connectivity index (χ4v) is 3.24. The van der Waals surface area contributed by atoms with Crippen LogP contribution >= 0.6 is 11.6 Å². The number of thiol groups is 1. The molecule has 1 aromatic carbocycles. The van der Waals surface area contributed by atoms with E-state index in [0.29, 0.717) is 30.0 Å². The Labute approximate surface area is 132 Å². The van der Waals surface area contributed by atoms with Gasteiger partial charge in [0.15, 0.2) is 0 Å². The van der Waals surface area contributed by atoms with E-state index in [9.17, 15) is 12.8 Å². The highest BCUT2D eigenvalue weighted by Crippen LogP contribution is 2.37. The second-order valence-corrected chi connectivity index (χ2v) is 6.19. The van der Waals surface area contributed by atoms with Crippen molar-refractivity contribution in [3.63, 3.8) is 0 Å². The fourth-order valence-electron chi connectivity index (χ4n) is 2.48. The highest BCUT2D eigenvalue weighted by molar-refractivity contribution is 7.71. The predicted molar refractivity (Wildman–Crippen MR) is 82.6 cm³/mol. The van der Waals surface area contributed by atoms with Crippen molar-refractivity contribution in [2.75, 3.05) is 17.2 Å². The third kappa shape index (κ3) is 2.71. The summed E-state index contributed by atoms with van der Waals surface area (Å²) in [7, 11) is -2.59. The molecule has 2 aromatic rings. The first-order valence-electron chi connectivity index (χ1n) is 6.45. The monoisotopic (exact) mass is 342 g/mol. The lowest BCUT2D eigenvalue weighted by molar-refractivity contribution is 0.612. The minimum Gasteiger partial charge on any atom is -0.368 e. The number of nitrogens with two attached hydrogens (primary N) is 1. The summed E-state index contributed by atoms with van der Waals surface area (Å²) >= 11 is 6.03. The third-order valence-corrected chi connectivity index (χ3v) is 4.34. The van der Waals surface area contributed by atoms with Crippen LogP contribution in [0.5, 0.6) is 0 Å². The van der Waals surface area contributed by atoms with Gasteiger partial charge in [-0.15, -0.1) is 0 Å². The van der Waals surface area contributed by atoms with Gasteiger partial charge < -0.3 is 10.6 Å². The number of rotatable bonds is 3. The number of hydrogen-bond acceptors (Lipinski definition) is 6. The first kappa shape index (κ1) is 15.0. The Morgan fingerprint density at radius 1 is 1.36 bits per heavy atom. The lowest BCUT2D eigenvalue weighted by Crippen LogP contribution is -2.16. The topological polar surface area (TPSA) is 89.2 Å². The molecule has 6 nitrogen and oxygen atoms in total. The minimum absolute atomic E-state index is 0.0241. The molecule has 0 atom stereocenters. The van der Waals surface area contributed by atoms with E-state index in [0.717, 1.165) is 5.56 Å². The number of fused-ring (bicyclic) bond motifs is 1. The van der Waals surface area contributed by atoms with Crippen LogP contribution in [-0.2, 0) is 22.9 Å². The van der Waals surface area contributed by atoms with Crippen molar-refractivity contribution < 1.29 is 12.8 Å². The molecule has 0 aliphatic carbocycles. The van der Waals surface area contributed by atoms with Crippen molar-refractivity contribution in [1.29, 1.82) is 0 Å². The number of benzene rings is 1. The van der Waals surface area contributed by atoms with E-state index in [-0.39, 0.29) is 16.9 Å². The summed E-state index contributed by atoms with van der Waals surface area (Å²) in [4.78, 5) is 9.68. The van der Waals surface area contributed by atoms with Gasteiger partial charge in [0, 0.05) is 12.1 Å². The van der Waals surface area contributed by atoms with Crippen molar-refractivity contribution in [2.45, 2.75) is 12.2 Å². The first-order chi connectivity index (χ1) is 10.5. The van der Waals surface area contributed by atoms with Crippen molar-refractivity contribution in [2.24, 2.45) is 0 Å². The van der Waals surface area contributed by atoms with Gasteiger partial charge in [0.1, 0.15) is 27.5 Å². The van der Waals surface area contributed by atoms with Crippen LogP contribution in [0.3, 0.4) is 0 Å². The molecule has 2 N–H and O–H groups in total. The van der Waals surface area contributed by atoms with E-state index < -0.39 is 16.5 Å². The maximum Gasteiger partial charge on any atom is 0.223 e. The Kier molecular flexibility index (Phi) is 3.88. The molecule has 0 fully saturated rings. The molecule has 1 aliphatic heterocycles. The summed E-state index contributed by atoms with van der Waals surface area (Å²) in [5.74, 6) is -0.199. The Balaban J connectivity index is 2.01. The zero-order valence-electron chi connectivity index (χ0n) is 11.3. The van der Waals surface area contributed by atoms with Gasteiger partial charge in [-0.1, -0.05) is 17.7 Å². The summed E-state index contributed by atoms with van der Waals surface area (Å²) in [6.07, 6.45) is 0.585. The summed E-state index contributed by atoms with van der Waals surface area (Å²) in [5.41, 5.74) is 7.02. The molecule has 3 rings (SSSR count). The average Bonchev–Trinajstić information content (AvgIpc) is 2.82. The molecule has 0 unspecified atom stereocenters. The van der Waals surface area contributed by atoms with Gasteiger partial charge in [-0.2, -0.15) is 4.98 Å². The molecule has 1 aliphatic rings. The zero-order valence-corrected chi connectivity index (χ0v) is 12.9. The summed E-state index contributed by atoms with van der Waals surface area (Å²) in [6, 6.07) is 4.32. The summed E-state index contributed by atoms with van der Waals surface area (Å²) in [6.45, 7) is 0.499. The summed E-state index contributed by atoms with van der Waals surface area (Å²) < 4.78 is 35.7. The van der Waals surface area contributed by atoms with Crippen LogP contribution in [0.25, 0.3) is 0 Å². The van der Waals surface area contributed by atoms with Crippen LogP contribution in [-0.4, -0.2) is 24.9 Å². The van der Waals surface area contributed by atoms with E-state index in [1.54, 1.807) is 11.0 Å². The molecule has 1 aromatic heterocycles. The molecule has 9 heteroatoms. The Morgan fingerprint density at radius 3 is 2.82 bits per heavy atom. The minimum atomic E-state index is -2.59. The van der Waals surface area contributed by atoms with Crippen molar-refractivity contribution in [3.8, 4) is 0 Å². The molecular weight excluding hydrogens is 331 g/mol. The quantitative estimate of drug-likeness (QED) is 0.651. The maximum absolute atomic E-state index is 14.3. The van der Waals surface area contributed by atoms with Gasteiger partial charge in [-0.3, -0.25) is 0 Å². The zero-order chi connectivity index (χ0) is 15.9. The van der Waals surface area contributed by atoms with Crippen molar-refractivity contribution in [3.05, 3.63) is 40.3 Å². The van der Waals surface area contributed by atoms with E-state index in [4.69, 9.17) is 17.3 Å². The van der Waals surface area contributed by atoms with E-state index in [2.05, 4.69) is 9.97 Å². The Morgan fingerprint density at radius 2 is 2.14 bits per heavy atom. The predicted octanol–water partition coefficient (Wildman–Crippen LogP) is 1.66. The highest BCUT2D eigenvalue weighted by Gasteiger charge is 2.27. The average molecular weight is 343 g/mol. The maximum atomic E-state index is 14.3. The molecule has 116 valence electrons. The lowest BCUT2D eigenvalue weighted by atomic mass is 10.2. The van der Waals surface area contributed by atoms with Crippen LogP contribution < -0.4 is 10.6 Å². The molecule has 0 radical (unpaired) electrons. The standard InChI is InChI=1S/C13H12ClFN4O2S/c14-11-8-3-4-19(12(8)18-13(16)17-11)10-2-1-7(5-9(10)15)6-22(20)21/h1-2,5,22H,3-4,6H2,(H2,16,17,18). The number of hydrogen-bond donors (Lipinski definition) is 2. The number of nitrogens with zero attached hydrogens (tertiary/aromatic N) is 3. The number of halogens is 2. The summed E-state index contributed by atoms with van der Waals surface area (Å²) in [5, 5.41) is 0.269. The van der Waals surface area contributed by atoms with Crippen LogP contribution in [0.4, 0.5) is 21.8 Å². The van der Waals surface area contributed by atoms with E-state index >= 15 is 0 Å². The Bertz CT molecular complexity index is 820.